The second-order valence-electron chi connectivity index (χ2n) is 4.67. The fourth-order valence-electron chi connectivity index (χ4n) is 2.16. The number of likely N-dealkylation sites (tertiary alicyclic amines) is 1. The number of amides is 2. The third-order valence-electron chi connectivity index (χ3n) is 3.11. The fraction of sp³-hybridized carbons (Fsp3) is 0.818. The molecule has 6 nitrogen and oxygen atoms in total. The molecular formula is C11H20N2O4. The van der Waals surface area contributed by atoms with Gasteiger partial charge in [-0.2, -0.15) is 0 Å². The number of carbonyl (C=O) groups excluding carboxylic acids is 1. The molecule has 1 fully saturated rings. The molecule has 6 heteroatoms. The summed E-state index contributed by atoms with van der Waals surface area (Å²) in [4.78, 5) is 24.2. The quantitative estimate of drug-likeness (QED) is 0.661. The van der Waals surface area contributed by atoms with Gasteiger partial charge in [-0.05, 0) is 18.8 Å². The first kappa shape index (κ1) is 13.8. The Bertz CT molecular complexity index is 293. The molecule has 2 atom stereocenters. The summed E-state index contributed by atoms with van der Waals surface area (Å²) in [6.45, 7) is 4.13. The highest BCUT2D eigenvalue weighted by atomic mass is 16.4. The number of hydrogen-bond donors (Lipinski definition) is 3. The van der Waals surface area contributed by atoms with Crippen LogP contribution in [-0.4, -0.2) is 52.3 Å². The number of nitrogens with one attached hydrogen (secondary N) is 1. The van der Waals surface area contributed by atoms with E-state index in [0.29, 0.717) is 12.5 Å². The lowest BCUT2D eigenvalue weighted by Gasteiger charge is -2.28. The van der Waals surface area contributed by atoms with Crippen molar-refractivity contribution in [3.05, 3.63) is 0 Å². The molecule has 1 aliphatic rings. The molecule has 0 aliphatic carbocycles. The van der Waals surface area contributed by atoms with Crippen molar-refractivity contribution in [1.82, 2.24) is 10.2 Å². The summed E-state index contributed by atoms with van der Waals surface area (Å²) in [5, 5.41) is 19.9. The molecule has 98 valence electrons. The summed E-state index contributed by atoms with van der Waals surface area (Å²) >= 11 is 0. The van der Waals surface area contributed by atoms with Gasteiger partial charge >= 0.3 is 12.0 Å². The van der Waals surface area contributed by atoms with Gasteiger partial charge in [-0.3, -0.25) is 0 Å². The molecule has 0 aromatic carbocycles. The van der Waals surface area contributed by atoms with Gasteiger partial charge < -0.3 is 20.4 Å². The van der Waals surface area contributed by atoms with Crippen LogP contribution in [0.1, 0.15) is 26.7 Å². The van der Waals surface area contributed by atoms with Crippen LogP contribution in [0.15, 0.2) is 0 Å². The van der Waals surface area contributed by atoms with Crippen LogP contribution in [0.3, 0.4) is 0 Å². The monoisotopic (exact) mass is 244 g/mol. The highest BCUT2D eigenvalue weighted by molar-refractivity contribution is 5.83. The summed E-state index contributed by atoms with van der Waals surface area (Å²) < 4.78 is 0. The minimum absolute atomic E-state index is 0.156. The Morgan fingerprint density at radius 1 is 1.47 bits per heavy atom. The van der Waals surface area contributed by atoms with Crippen LogP contribution in [0.5, 0.6) is 0 Å². The van der Waals surface area contributed by atoms with Crippen molar-refractivity contribution in [3.8, 4) is 0 Å². The van der Waals surface area contributed by atoms with Gasteiger partial charge in [0.25, 0.3) is 0 Å². The SMILES string of the molecule is CC(C)C1CCCN1C(=O)N[C@@H](CO)C(=O)O. The smallest absolute Gasteiger partial charge is 0.328 e. The Balaban J connectivity index is 2.60. The lowest BCUT2D eigenvalue weighted by atomic mass is 10.0. The maximum Gasteiger partial charge on any atom is 0.328 e. The van der Waals surface area contributed by atoms with E-state index in [1.165, 1.54) is 0 Å². The maximum absolute atomic E-state index is 11.9. The van der Waals surface area contributed by atoms with E-state index in [-0.39, 0.29) is 6.04 Å². The zero-order valence-corrected chi connectivity index (χ0v) is 10.2. The number of aliphatic hydroxyl groups excluding tert-OH is 1. The van der Waals surface area contributed by atoms with Crippen LogP contribution in [-0.2, 0) is 4.79 Å². The maximum atomic E-state index is 11.9. The van der Waals surface area contributed by atoms with Gasteiger partial charge in [0, 0.05) is 12.6 Å². The third-order valence-corrected chi connectivity index (χ3v) is 3.11. The minimum Gasteiger partial charge on any atom is -0.480 e. The molecule has 1 unspecified atom stereocenters. The largest absolute Gasteiger partial charge is 0.480 e. The van der Waals surface area contributed by atoms with E-state index >= 15 is 0 Å². The van der Waals surface area contributed by atoms with Crippen molar-refractivity contribution < 1.29 is 19.8 Å². The van der Waals surface area contributed by atoms with Crippen molar-refractivity contribution in [2.45, 2.75) is 38.8 Å². The van der Waals surface area contributed by atoms with E-state index in [9.17, 15) is 9.59 Å². The number of nitrogens with zero attached hydrogens (tertiary/aromatic N) is 1. The highest BCUT2D eigenvalue weighted by Crippen LogP contribution is 2.23. The number of aliphatic hydroxyl groups is 1. The Morgan fingerprint density at radius 3 is 2.59 bits per heavy atom. The van der Waals surface area contributed by atoms with E-state index < -0.39 is 24.6 Å². The normalized spacial score (nSPS) is 21.6. The molecule has 1 saturated heterocycles. The molecular weight excluding hydrogens is 224 g/mol. The second-order valence-corrected chi connectivity index (χ2v) is 4.67. The van der Waals surface area contributed by atoms with Crippen LogP contribution in [0.25, 0.3) is 0 Å². The lowest BCUT2D eigenvalue weighted by molar-refractivity contribution is -0.140. The average Bonchev–Trinajstić information content (AvgIpc) is 2.73. The van der Waals surface area contributed by atoms with E-state index in [4.69, 9.17) is 10.2 Å². The van der Waals surface area contributed by atoms with E-state index in [1.807, 2.05) is 13.8 Å². The predicted molar refractivity (Wildman–Crippen MR) is 61.6 cm³/mol. The summed E-state index contributed by atoms with van der Waals surface area (Å²) in [7, 11) is 0. The van der Waals surface area contributed by atoms with Gasteiger partial charge in [0.2, 0.25) is 0 Å². The summed E-state index contributed by atoms with van der Waals surface area (Å²) in [6.07, 6.45) is 1.88. The first-order valence-corrected chi connectivity index (χ1v) is 5.88. The van der Waals surface area contributed by atoms with Gasteiger partial charge in [-0.25, -0.2) is 9.59 Å². The molecule has 1 aliphatic heterocycles. The molecule has 0 aromatic heterocycles. The number of carbonyl (C=O) groups is 2. The molecule has 1 rings (SSSR count). The first-order chi connectivity index (χ1) is 7.97. The van der Waals surface area contributed by atoms with Crippen molar-refractivity contribution >= 4 is 12.0 Å². The first-order valence-electron chi connectivity index (χ1n) is 5.88. The van der Waals surface area contributed by atoms with Crippen molar-refractivity contribution in [2.24, 2.45) is 5.92 Å². The molecule has 0 bridgehead atoms. The van der Waals surface area contributed by atoms with E-state index in [2.05, 4.69) is 5.32 Å². The Kier molecular flexibility index (Phi) is 4.74. The molecule has 0 radical (unpaired) electrons. The molecule has 0 spiro atoms. The highest BCUT2D eigenvalue weighted by Gasteiger charge is 2.32. The summed E-state index contributed by atoms with van der Waals surface area (Å²) in [5.41, 5.74) is 0. The van der Waals surface area contributed by atoms with Crippen LogP contribution in [0, 0.1) is 5.92 Å². The number of carboxylic acid groups (broad SMARTS) is 1. The van der Waals surface area contributed by atoms with Crippen molar-refractivity contribution in [2.75, 3.05) is 13.2 Å². The van der Waals surface area contributed by atoms with Crippen molar-refractivity contribution in [3.63, 3.8) is 0 Å². The number of hydrogen-bond acceptors (Lipinski definition) is 3. The average molecular weight is 244 g/mol. The Morgan fingerprint density at radius 2 is 2.12 bits per heavy atom. The number of urea groups is 1. The van der Waals surface area contributed by atoms with Crippen LogP contribution in [0.4, 0.5) is 4.79 Å². The number of aliphatic carboxylic acids is 1. The molecule has 0 saturated carbocycles. The summed E-state index contributed by atoms with van der Waals surface area (Å²) in [6, 6.07) is -1.47. The van der Waals surface area contributed by atoms with Gasteiger partial charge in [0.15, 0.2) is 6.04 Å². The second kappa shape index (κ2) is 5.86. The lowest BCUT2D eigenvalue weighted by Crippen LogP contribution is -2.51. The van der Waals surface area contributed by atoms with Crippen LogP contribution >= 0.6 is 0 Å². The standard InChI is InChI=1S/C11H20N2O4/c1-7(2)9-4-3-5-13(9)11(17)12-8(6-14)10(15)16/h7-9,14H,3-6H2,1-2H3,(H,12,17)(H,15,16)/t8-,9?/m0/s1. The summed E-state index contributed by atoms with van der Waals surface area (Å²) in [5.74, 6) is -0.873. The minimum atomic E-state index is -1.23. The van der Waals surface area contributed by atoms with Gasteiger partial charge in [-0.15, -0.1) is 0 Å². The number of rotatable bonds is 4. The van der Waals surface area contributed by atoms with Crippen LogP contribution < -0.4 is 5.32 Å². The topological polar surface area (TPSA) is 89.9 Å². The van der Waals surface area contributed by atoms with E-state index in [1.54, 1.807) is 4.90 Å². The number of carboxylic acids is 1. The van der Waals surface area contributed by atoms with Crippen molar-refractivity contribution in [1.29, 1.82) is 0 Å². The molecule has 1 heterocycles. The Hall–Kier alpha value is -1.30. The fourth-order valence-corrected chi connectivity index (χ4v) is 2.16. The molecule has 3 N–H and O–H groups in total. The molecule has 17 heavy (non-hydrogen) atoms. The zero-order valence-electron chi connectivity index (χ0n) is 10.2. The zero-order chi connectivity index (χ0) is 13.0. The molecule has 2 amide bonds. The molecule has 0 aromatic rings. The van der Waals surface area contributed by atoms with E-state index in [0.717, 1.165) is 12.8 Å². The predicted octanol–water partition coefficient (Wildman–Crippen LogP) is 0.262. The van der Waals surface area contributed by atoms with Gasteiger partial charge in [0.1, 0.15) is 0 Å². The van der Waals surface area contributed by atoms with Gasteiger partial charge in [0.05, 0.1) is 6.61 Å². The third kappa shape index (κ3) is 3.33. The van der Waals surface area contributed by atoms with Gasteiger partial charge in [-0.1, -0.05) is 13.8 Å². The Labute approximate surface area is 101 Å². The van der Waals surface area contributed by atoms with Crippen LogP contribution in [0.2, 0.25) is 0 Å².